The fraction of sp³-hybridized carbons (Fsp3) is 0.174. The van der Waals surface area contributed by atoms with Gasteiger partial charge in [0.1, 0.15) is 5.75 Å². The Labute approximate surface area is 149 Å². The second kappa shape index (κ2) is 7.68. The SMILES string of the molecule is CC[C@@H](C)Oc1ccccc1/C=C(/C#N)c1cccc2ccccc12. The highest BCUT2D eigenvalue weighted by Crippen LogP contribution is 2.29. The molecule has 0 radical (unpaired) electrons. The molecule has 3 aromatic carbocycles. The highest BCUT2D eigenvalue weighted by atomic mass is 16.5. The molecular weight excluding hydrogens is 306 g/mol. The summed E-state index contributed by atoms with van der Waals surface area (Å²) in [5.41, 5.74) is 2.50. The Morgan fingerprint density at radius 1 is 1.04 bits per heavy atom. The Balaban J connectivity index is 2.09. The van der Waals surface area contributed by atoms with Crippen LogP contribution < -0.4 is 4.74 Å². The molecule has 0 fully saturated rings. The first-order chi connectivity index (χ1) is 12.2. The van der Waals surface area contributed by atoms with E-state index in [2.05, 4.69) is 38.1 Å². The smallest absolute Gasteiger partial charge is 0.126 e. The van der Waals surface area contributed by atoms with Crippen molar-refractivity contribution >= 4 is 22.4 Å². The third-order valence-corrected chi connectivity index (χ3v) is 4.32. The molecule has 0 spiro atoms. The lowest BCUT2D eigenvalue weighted by molar-refractivity contribution is 0.217. The van der Waals surface area contributed by atoms with E-state index in [1.807, 2.05) is 54.6 Å². The summed E-state index contributed by atoms with van der Waals surface area (Å²) in [6.45, 7) is 4.15. The molecule has 0 saturated heterocycles. The van der Waals surface area contributed by atoms with Crippen molar-refractivity contribution in [3.05, 3.63) is 77.9 Å². The van der Waals surface area contributed by atoms with Crippen molar-refractivity contribution in [2.24, 2.45) is 0 Å². The van der Waals surface area contributed by atoms with Crippen molar-refractivity contribution in [1.29, 1.82) is 5.26 Å². The van der Waals surface area contributed by atoms with Crippen molar-refractivity contribution in [3.8, 4) is 11.8 Å². The minimum atomic E-state index is 0.137. The minimum Gasteiger partial charge on any atom is -0.490 e. The molecule has 0 N–H and O–H groups in total. The summed E-state index contributed by atoms with van der Waals surface area (Å²) in [5, 5.41) is 12.0. The summed E-state index contributed by atoms with van der Waals surface area (Å²) in [7, 11) is 0. The van der Waals surface area contributed by atoms with Crippen molar-refractivity contribution in [1.82, 2.24) is 0 Å². The molecule has 0 amide bonds. The highest BCUT2D eigenvalue weighted by Gasteiger charge is 2.09. The standard InChI is InChI=1S/C23H21NO/c1-3-17(2)25-23-14-7-5-10-19(23)15-20(16-24)22-13-8-11-18-9-4-6-12-21(18)22/h4-15,17H,3H2,1-2H3/b20-15-/t17-/m1/s1. The number of allylic oxidation sites excluding steroid dienone is 1. The topological polar surface area (TPSA) is 33.0 Å². The van der Waals surface area contributed by atoms with E-state index in [0.717, 1.165) is 34.1 Å². The summed E-state index contributed by atoms with van der Waals surface area (Å²) in [5.74, 6) is 0.810. The Morgan fingerprint density at radius 3 is 2.56 bits per heavy atom. The summed E-state index contributed by atoms with van der Waals surface area (Å²) < 4.78 is 6.01. The van der Waals surface area contributed by atoms with Crippen LogP contribution in [0.2, 0.25) is 0 Å². The number of nitriles is 1. The largest absolute Gasteiger partial charge is 0.490 e. The summed E-state index contributed by atoms with van der Waals surface area (Å²) in [6, 6.07) is 24.4. The van der Waals surface area contributed by atoms with Gasteiger partial charge in [0, 0.05) is 11.1 Å². The molecule has 0 bridgehead atoms. The maximum Gasteiger partial charge on any atom is 0.126 e. The molecule has 1 atom stereocenters. The lowest BCUT2D eigenvalue weighted by Gasteiger charge is -2.15. The van der Waals surface area contributed by atoms with Gasteiger partial charge in [-0.25, -0.2) is 0 Å². The molecule has 2 heteroatoms. The van der Waals surface area contributed by atoms with Crippen LogP contribution in [0.5, 0.6) is 5.75 Å². The van der Waals surface area contributed by atoms with Gasteiger partial charge in [0.25, 0.3) is 0 Å². The molecule has 2 nitrogen and oxygen atoms in total. The van der Waals surface area contributed by atoms with Crippen LogP contribution in [0.25, 0.3) is 22.4 Å². The van der Waals surface area contributed by atoms with Crippen LogP contribution in [0.4, 0.5) is 0 Å². The Kier molecular flexibility index (Phi) is 5.16. The van der Waals surface area contributed by atoms with Gasteiger partial charge >= 0.3 is 0 Å². The van der Waals surface area contributed by atoms with E-state index in [4.69, 9.17) is 4.74 Å². The summed E-state index contributed by atoms with van der Waals surface area (Å²) in [4.78, 5) is 0. The number of para-hydroxylation sites is 1. The van der Waals surface area contributed by atoms with Gasteiger partial charge in [-0.3, -0.25) is 0 Å². The maximum absolute atomic E-state index is 9.76. The highest BCUT2D eigenvalue weighted by molar-refractivity contribution is 6.02. The number of fused-ring (bicyclic) bond motifs is 1. The van der Waals surface area contributed by atoms with Gasteiger partial charge in [-0.15, -0.1) is 0 Å². The third-order valence-electron chi connectivity index (χ3n) is 4.32. The monoisotopic (exact) mass is 327 g/mol. The van der Waals surface area contributed by atoms with Crippen molar-refractivity contribution in [2.75, 3.05) is 0 Å². The van der Waals surface area contributed by atoms with Gasteiger partial charge in [-0.1, -0.05) is 67.6 Å². The quantitative estimate of drug-likeness (QED) is 0.420. The predicted octanol–water partition coefficient (Wildman–Crippen LogP) is 6.08. The molecule has 3 aromatic rings. The molecule has 3 rings (SSSR count). The van der Waals surface area contributed by atoms with E-state index in [9.17, 15) is 5.26 Å². The van der Waals surface area contributed by atoms with Crippen molar-refractivity contribution in [3.63, 3.8) is 0 Å². The molecule has 0 heterocycles. The first-order valence-corrected chi connectivity index (χ1v) is 8.58. The lowest BCUT2D eigenvalue weighted by atomic mass is 9.97. The normalized spacial score (nSPS) is 12.6. The predicted molar refractivity (Wildman–Crippen MR) is 104 cm³/mol. The number of benzene rings is 3. The lowest BCUT2D eigenvalue weighted by Crippen LogP contribution is -2.10. The average Bonchev–Trinajstić information content (AvgIpc) is 2.67. The second-order valence-electron chi connectivity index (χ2n) is 6.07. The zero-order chi connectivity index (χ0) is 17.6. The number of nitrogens with zero attached hydrogens (tertiary/aromatic N) is 1. The molecule has 0 aliphatic heterocycles. The van der Waals surface area contributed by atoms with Crippen LogP contribution >= 0.6 is 0 Å². The fourth-order valence-corrected chi connectivity index (χ4v) is 2.79. The molecule has 0 aromatic heterocycles. The Morgan fingerprint density at radius 2 is 1.76 bits per heavy atom. The first-order valence-electron chi connectivity index (χ1n) is 8.58. The summed E-state index contributed by atoms with van der Waals surface area (Å²) >= 11 is 0. The summed E-state index contributed by atoms with van der Waals surface area (Å²) in [6.07, 6.45) is 2.99. The van der Waals surface area contributed by atoms with Crippen LogP contribution in [0.15, 0.2) is 66.7 Å². The number of hydrogen-bond acceptors (Lipinski definition) is 2. The van der Waals surface area contributed by atoms with Crippen molar-refractivity contribution < 1.29 is 4.74 Å². The molecule has 0 unspecified atom stereocenters. The maximum atomic E-state index is 9.76. The second-order valence-corrected chi connectivity index (χ2v) is 6.07. The molecule has 0 saturated carbocycles. The van der Waals surface area contributed by atoms with Gasteiger partial charge in [0.15, 0.2) is 0 Å². The Bertz CT molecular complexity index is 944. The van der Waals surface area contributed by atoms with Crippen LogP contribution in [0, 0.1) is 11.3 Å². The number of hydrogen-bond donors (Lipinski definition) is 0. The van der Waals surface area contributed by atoms with Gasteiger partial charge in [0.2, 0.25) is 0 Å². The van der Waals surface area contributed by atoms with E-state index in [-0.39, 0.29) is 6.10 Å². The van der Waals surface area contributed by atoms with Crippen LogP contribution in [-0.4, -0.2) is 6.10 Å². The van der Waals surface area contributed by atoms with Crippen LogP contribution in [-0.2, 0) is 0 Å². The third kappa shape index (κ3) is 3.72. The van der Waals surface area contributed by atoms with E-state index < -0.39 is 0 Å². The van der Waals surface area contributed by atoms with Gasteiger partial charge < -0.3 is 4.74 Å². The van der Waals surface area contributed by atoms with Crippen molar-refractivity contribution in [2.45, 2.75) is 26.4 Å². The first kappa shape index (κ1) is 16.8. The fourth-order valence-electron chi connectivity index (χ4n) is 2.79. The zero-order valence-corrected chi connectivity index (χ0v) is 14.6. The molecular formula is C23H21NO. The van der Waals surface area contributed by atoms with Gasteiger partial charge in [-0.2, -0.15) is 5.26 Å². The number of rotatable bonds is 5. The van der Waals surface area contributed by atoms with Crippen LogP contribution in [0.1, 0.15) is 31.4 Å². The number of ether oxygens (including phenoxy) is 1. The molecule has 0 aliphatic carbocycles. The molecule has 124 valence electrons. The van der Waals surface area contributed by atoms with Gasteiger partial charge in [-0.05, 0) is 36.3 Å². The van der Waals surface area contributed by atoms with E-state index in [1.165, 1.54) is 0 Å². The van der Waals surface area contributed by atoms with E-state index in [1.54, 1.807) is 0 Å². The molecule has 25 heavy (non-hydrogen) atoms. The van der Waals surface area contributed by atoms with E-state index in [0.29, 0.717) is 5.57 Å². The zero-order valence-electron chi connectivity index (χ0n) is 14.6. The van der Waals surface area contributed by atoms with Crippen LogP contribution in [0.3, 0.4) is 0 Å². The molecule has 0 aliphatic rings. The average molecular weight is 327 g/mol. The van der Waals surface area contributed by atoms with E-state index >= 15 is 0 Å². The van der Waals surface area contributed by atoms with Gasteiger partial charge in [0.05, 0.1) is 17.7 Å². The minimum absolute atomic E-state index is 0.137. The Hall–Kier alpha value is -3.05.